The Morgan fingerprint density at radius 1 is 0.891 bits per heavy atom. The summed E-state index contributed by atoms with van der Waals surface area (Å²) in [5.74, 6) is 0.989. The number of hydrogen-bond donors (Lipinski definition) is 0. The van der Waals surface area contributed by atoms with Crippen molar-refractivity contribution in [3.05, 3.63) is 65.1 Å². The lowest BCUT2D eigenvalue weighted by molar-refractivity contribution is -0.143. The van der Waals surface area contributed by atoms with E-state index in [4.69, 9.17) is 14.5 Å². The van der Waals surface area contributed by atoms with Crippen molar-refractivity contribution in [2.24, 2.45) is 5.92 Å². The molecule has 14 heteroatoms. The van der Waals surface area contributed by atoms with Crippen LogP contribution in [-0.2, 0) is 30.2 Å². The van der Waals surface area contributed by atoms with Crippen LogP contribution < -0.4 is 19.4 Å². The molecule has 1 aliphatic heterocycles. The van der Waals surface area contributed by atoms with E-state index in [9.17, 15) is 26.3 Å². The summed E-state index contributed by atoms with van der Waals surface area (Å²) in [6.45, 7) is 5.57. The van der Waals surface area contributed by atoms with Crippen molar-refractivity contribution >= 4 is 17.3 Å². The standard InChI is InChI=1S/C32H38F6N6O2/c1-3-42(19-22-6-4-5-7-22)28-8-9-29(45-2)41-27(28)21-44(30-39-17-26(18-40-30)43-10-12-46-13-11-43)20-23-14-24(31(33,34)35)16-25(15-23)32(36,37)38/h8-9,14-18,22H,3-7,10-13,19-21H2,1-2H3. The molecule has 2 aliphatic rings. The van der Waals surface area contributed by atoms with Crippen molar-refractivity contribution < 1.29 is 35.8 Å². The largest absolute Gasteiger partial charge is 0.481 e. The SMILES string of the molecule is CCN(CC1CCCC1)c1ccc(OC)nc1CN(Cc1cc(C(F)(F)F)cc(C(F)(F)F)c1)c1ncc(N2CCOCC2)cn1. The van der Waals surface area contributed by atoms with Crippen LogP contribution in [0.15, 0.2) is 42.7 Å². The van der Waals surface area contributed by atoms with E-state index in [2.05, 4.69) is 14.9 Å². The van der Waals surface area contributed by atoms with Crippen molar-refractivity contribution in [2.45, 2.75) is 58.0 Å². The Labute approximate surface area is 264 Å². The summed E-state index contributed by atoms with van der Waals surface area (Å²) < 4.78 is 93.3. The molecular weight excluding hydrogens is 614 g/mol. The van der Waals surface area contributed by atoms with E-state index in [1.807, 2.05) is 17.9 Å². The van der Waals surface area contributed by atoms with Crippen LogP contribution in [0.1, 0.15) is 55.0 Å². The molecule has 3 heterocycles. The Morgan fingerprint density at radius 2 is 1.52 bits per heavy atom. The van der Waals surface area contributed by atoms with E-state index in [1.54, 1.807) is 23.4 Å². The number of pyridine rings is 1. The number of morpholine rings is 1. The lowest BCUT2D eigenvalue weighted by atomic mass is 10.0. The first-order valence-corrected chi connectivity index (χ1v) is 15.4. The van der Waals surface area contributed by atoms with Crippen LogP contribution in [0.25, 0.3) is 0 Å². The van der Waals surface area contributed by atoms with Gasteiger partial charge >= 0.3 is 12.4 Å². The second kappa shape index (κ2) is 14.3. The van der Waals surface area contributed by atoms with Gasteiger partial charge in [0.25, 0.3) is 0 Å². The molecule has 1 aliphatic carbocycles. The Morgan fingerprint density at radius 3 is 2.09 bits per heavy atom. The van der Waals surface area contributed by atoms with Crippen LogP contribution >= 0.6 is 0 Å². The third kappa shape index (κ3) is 8.31. The van der Waals surface area contributed by atoms with Gasteiger partial charge in [-0.2, -0.15) is 26.3 Å². The fraction of sp³-hybridized carbons (Fsp3) is 0.531. The lowest BCUT2D eigenvalue weighted by Crippen LogP contribution is -2.36. The molecule has 1 saturated carbocycles. The molecule has 0 spiro atoms. The smallest absolute Gasteiger partial charge is 0.416 e. The average Bonchev–Trinajstić information content (AvgIpc) is 3.56. The van der Waals surface area contributed by atoms with E-state index < -0.39 is 23.5 Å². The predicted octanol–water partition coefficient (Wildman–Crippen LogP) is 6.98. The first-order chi connectivity index (χ1) is 21.9. The van der Waals surface area contributed by atoms with Gasteiger partial charge in [0.2, 0.25) is 11.8 Å². The van der Waals surface area contributed by atoms with Gasteiger partial charge in [-0.05, 0) is 55.5 Å². The fourth-order valence-corrected chi connectivity index (χ4v) is 6.07. The summed E-state index contributed by atoms with van der Waals surface area (Å²) in [5.41, 5.74) is -0.858. The van der Waals surface area contributed by atoms with Gasteiger partial charge in [-0.1, -0.05) is 12.8 Å². The van der Waals surface area contributed by atoms with Crippen molar-refractivity contribution in [1.29, 1.82) is 0 Å². The highest BCUT2D eigenvalue weighted by molar-refractivity contribution is 5.54. The van der Waals surface area contributed by atoms with Crippen molar-refractivity contribution in [2.75, 3.05) is 61.2 Å². The van der Waals surface area contributed by atoms with Crippen LogP contribution in [0.4, 0.5) is 43.7 Å². The first kappa shape index (κ1) is 33.6. The molecule has 5 rings (SSSR count). The molecule has 1 aromatic carbocycles. The Hall–Kier alpha value is -3.81. The maximum absolute atomic E-state index is 13.7. The number of halogens is 6. The normalized spacial score (nSPS) is 16.1. The van der Waals surface area contributed by atoms with Crippen LogP contribution in [0.3, 0.4) is 0 Å². The van der Waals surface area contributed by atoms with E-state index in [1.165, 1.54) is 20.0 Å². The molecule has 1 saturated heterocycles. The van der Waals surface area contributed by atoms with Gasteiger partial charge in [0, 0.05) is 38.8 Å². The molecule has 2 fully saturated rings. The highest BCUT2D eigenvalue weighted by Crippen LogP contribution is 2.37. The Balaban J connectivity index is 1.54. The molecule has 8 nitrogen and oxygen atoms in total. The zero-order valence-corrected chi connectivity index (χ0v) is 25.9. The molecule has 250 valence electrons. The second-order valence-corrected chi connectivity index (χ2v) is 11.6. The molecule has 0 bridgehead atoms. The monoisotopic (exact) mass is 652 g/mol. The van der Waals surface area contributed by atoms with Gasteiger partial charge in [0.05, 0.1) is 67.5 Å². The van der Waals surface area contributed by atoms with Gasteiger partial charge in [-0.3, -0.25) is 0 Å². The van der Waals surface area contributed by atoms with Crippen LogP contribution in [0.5, 0.6) is 5.88 Å². The van der Waals surface area contributed by atoms with Crippen molar-refractivity contribution in [3.8, 4) is 5.88 Å². The second-order valence-electron chi connectivity index (χ2n) is 11.6. The molecule has 3 aromatic rings. The molecule has 0 amide bonds. The summed E-state index contributed by atoms with van der Waals surface area (Å²) in [7, 11) is 1.48. The third-order valence-electron chi connectivity index (χ3n) is 8.45. The zero-order valence-electron chi connectivity index (χ0n) is 25.9. The summed E-state index contributed by atoms with van der Waals surface area (Å²) >= 11 is 0. The highest BCUT2D eigenvalue weighted by atomic mass is 19.4. The van der Waals surface area contributed by atoms with E-state index >= 15 is 0 Å². The number of nitrogens with zero attached hydrogens (tertiary/aromatic N) is 6. The Kier molecular flexibility index (Phi) is 10.4. The molecular formula is C32H38F6N6O2. The minimum Gasteiger partial charge on any atom is -0.481 e. The first-order valence-electron chi connectivity index (χ1n) is 15.4. The molecule has 0 atom stereocenters. The number of aromatic nitrogens is 3. The van der Waals surface area contributed by atoms with Crippen molar-refractivity contribution in [3.63, 3.8) is 0 Å². The lowest BCUT2D eigenvalue weighted by Gasteiger charge is -2.31. The summed E-state index contributed by atoms with van der Waals surface area (Å²) in [5, 5.41) is 0. The average molecular weight is 653 g/mol. The third-order valence-corrected chi connectivity index (χ3v) is 8.45. The van der Waals surface area contributed by atoms with Crippen LogP contribution in [0.2, 0.25) is 0 Å². The molecule has 2 aromatic heterocycles. The quantitative estimate of drug-likeness (QED) is 0.206. The van der Waals surface area contributed by atoms with E-state index in [-0.39, 0.29) is 30.7 Å². The van der Waals surface area contributed by atoms with Gasteiger partial charge < -0.3 is 24.2 Å². The van der Waals surface area contributed by atoms with E-state index in [0.717, 1.165) is 42.9 Å². The van der Waals surface area contributed by atoms with Gasteiger partial charge in [-0.25, -0.2) is 15.0 Å². The van der Waals surface area contributed by atoms with Crippen LogP contribution in [0, 0.1) is 5.92 Å². The van der Waals surface area contributed by atoms with Gasteiger partial charge in [0.1, 0.15) is 0 Å². The highest BCUT2D eigenvalue weighted by Gasteiger charge is 2.37. The van der Waals surface area contributed by atoms with Crippen molar-refractivity contribution in [1.82, 2.24) is 15.0 Å². The summed E-state index contributed by atoms with van der Waals surface area (Å²) in [6, 6.07) is 5.25. The number of ether oxygens (including phenoxy) is 2. The number of hydrogen-bond acceptors (Lipinski definition) is 8. The topological polar surface area (TPSA) is 66.9 Å². The minimum atomic E-state index is -4.97. The maximum atomic E-state index is 13.7. The number of benzene rings is 1. The molecule has 0 N–H and O–H groups in total. The number of alkyl halides is 6. The number of rotatable bonds is 11. The molecule has 0 radical (unpaired) electrons. The Bertz CT molecular complexity index is 1410. The molecule has 46 heavy (non-hydrogen) atoms. The van der Waals surface area contributed by atoms with E-state index in [0.29, 0.717) is 50.3 Å². The number of anilines is 3. The molecule has 0 unspecified atom stereocenters. The van der Waals surface area contributed by atoms with Gasteiger partial charge in [0.15, 0.2) is 0 Å². The maximum Gasteiger partial charge on any atom is 0.416 e. The number of methoxy groups -OCH3 is 1. The summed E-state index contributed by atoms with van der Waals surface area (Å²) in [6.07, 6.45) is -2.12. The summed E-state index contributed by atoms with van der Waals surface area (Å²) in [4.78, 5) is 19.6. The minimum absolute atomic E-state index is 0.00218. The van der Waals surface area contributed by atoms with Crippen LogP contribution in [-0.4, -0.2) is 61.5 Å². The fourth-order valence-electron chi connectivity index (χ4n) is 6.07. The zero-order chi connectivity index (χ0) is 32.9. The van der Waals surface area contributed by atoms with Gasteiger partial charge in [-0.15, -0.1) is 0 Å². The predicted molar refractivity (Wildman–Crippen MR) is 162 cm³/mol.